The predicted octanol–water partition coefficient (Wildman–Crippen LogP) is -0.0948. The first-order valence-corrected chi connectivity index (χ1v) is 5.25. The number of pyridine rings is 1. The van der Waals surface area contributed by atoms with Crippen molar-refractivity contribution in [2.24, 2.45) is 0 Å². The van der Waals surface area contributed by atoms with Crippen molar-refractivity contribution >= 4 is 23.3 Å². The van der Waals surface area contributed by atoms with Gasteiger partial charge in [0.2, 0.25) is 5.91 Å². The lowest BCUT2D eigenvalue weighted by molar-refractivity contribution is -0.135. The lowest BCUT2D eigenvalue weighted by atomic mass is 9.98. The maximum atomic E-state index is 11.8. The zero-order valence-electron chi connectivity index (χ0n) is 9.73. The molecule has 1 aromatic rings. The van der Waals surface area contributed by atoms with Crippen molar-refractivity contribution < 1.29 is 9.59 Å². The molecule has 2 heterocycles. The molecule has 1 aliphatic heterocycles. The van der Waals surface area contributed by atoms with Crippen molar-refractivity contribution in [2.75, 3.05) is 17.2 Å². The summed E-state index contributed by atoms with van der Waals surface area (Å²) in [6, 6.07) is 3.39. The normalized spacial score (nSPS) is 19.1. The number of carbonyl (C=O) groups excluding carboxylic acids is 2. The number of hydrogen-bond donors (Lipinski definition) is 2. The number of amides is 2. The van der Waals surface area contributed by atoms with Gasteiger partial charge < -0.3 is 10.6 Å². The second kappa shape index (κ2) is 3.73. The minimum absolute atomic E-state index is 0.129. The van der Waals surface area contributed by atoms with Crippen LogP contribution in [0.5, 0.6) is 0 Å². The Morgan fingerprint density at radius 1 is 1.41 bits per heavy atom. The molecule has 0 aromatic carbocycles. The SMILES string of the molecule is CC1(C)C(=O)NC(=O)CN1c1ccc(N)nc1. The van der Waals surface area contributed by atoms with E-state index in [1.165, 1.54) is 0 Å². The lowest BCUT2D eigenvalue weighted by Gasteiger charge is -2.41. The number of nitrogens with zero attached hydrogens (tertiary/aromatic N) is 2. The second-order valence-electron chi connectivity index (χ2n) is 4.46. The van der Waals surface area contributed by atoms with Crippen LogP contribution in [-0.2, 0) is 9.59 Å². The van der Waals surface area contributed by atoms with E-state index < -0.39 is 5.54 Å². The van der Waals surface area contributed by atoms with Gasteiger partial charge in [-0.2, -0.15) is 0 Å². The number of piperazine rings is 1. The predicted molar refractivity (Wildman–Crippen MR) is 63.2 cm³/mol. The van der Waals surface area contributed by atoms with E-state index in [-0.39, 0.29) is 18.4 Å². The summed E-state index contributed by atoms with van der Waals surface area (Å²) in [6.45, 7) is 3.64. The summed E-state index contributed by atoms with van der Waals surface area (Å²) >= 11 is 0. The van der Waals surface area contributed by atoms with Crippen molar-refractivity contribution in [3.8, 4) is 0 Å². The van der Waals surface area contributed by atoms with E-state index in [2.05, 4.69) is 10.3 Å². The first kappa shape index (κ1) is 11.4. The topological polar surface area (TPSA) is 88.3 Å². The fourth-order valence-electron chi connectivity index (χ4n) is 1.75. The first-order valence-electron chi connectivity index (χ1n) is 5.25. The Labute approximate surface area is 98.8 Å². The molecule has 17 heavy (non-hydrogen) atoms. The summed E-state index contributed by atoms with van der Waals surface area (Å²) < 4.78 is 0. The second-order valence-corrected chi connectivity index (χ2v) is 4.46. The molecule has 1 aliphatic rings. The van der Waals surface area contributed by atoms with Crippen molar-refractivity contribution in [3.63, 3.8) is 0 Å². The summed E-state index contributed by atoms with van der Waals surface area (Å²) in [5.41, 5.74) is 5.42. The summed E-state index contributed by atoms with van der Waals surface area (Å²) in [7, 11) is 0. The summed E-state index contributed by atoms with van der Waals surface area (Å²) in [5.74, 6) is -0.226. The highest BCUT2D eigenvalue weighted by molar-refractivity contribution is 6.06. The Kier molecular flexibility index (Phi) is 2.49. The summed E-state index contributed by atoms with van der Waals surface area (Å²) in [4.78, 5) is 28.8. The Bertz CT molecular complexity index is 467. The Morgan fingerprint density at radius 3 is 2.71 bits per heavy atom. The van der Waals surface area contributed by atoms with E-state index in [9.17, 15) is 9.59 Å². The number of nitrogens with one attached hydrogen (secondary N) is 1. The van der Waals surface area contributed by atoms with E-state index in [0.29, 0.717) is 11.5 Å². The molecule has 2 amide bonds. The molecular formula is C11H14N4O2. The number of rotatable bonds is 1. The van der Waals surface area contributed by atoms with Gasteiger partial charge in [-0.25, -0.2) is 4.98 Å². The number of aromatic nitrogens is 1. The molecule has 0 atom stereocenters. The van der Waals surface area contributed by atoms with Gasteiger partial charge in [-0.1, -0.05) is 0 Å². The van der Waals surface area contributed by atoms with E-state index in [4.69, 9.17) is 5.73 Å². The van der Waals surface area contributed by atoms with E-state index in [0.717, 1.165) is 0 Å². The molecule has 0 saturated carbocycles. The van der Waals surface area contributed by atoms with Crippen LogP contribution in [0.25, 0.3) is 0 Å². The molecule has 0 unspecified atom stereocenters. The molecule has 1 fully saturated rings. The number of nitrogen functional groups attached to an aromatic ring is 1. The van der Waals surface area contributed by atoms with Gasteiger partial charge >= 0.3 is 0 Å². The summed E-state index contributed by atoms with van der Waals surface area (Å²) in [5, 5.41) is 2.32. The van der Waals surface area contributed by atoms with Gasteiger partial charge in [0.05, 0.1) is 18.4 Å². The number of hydrogen-bond acceptors (Lipinski definition) is 5. The molecule has 6 nitrogen and oxygen atoms in total. The zero-order chi connectivity index (χ0) is 12.6. The zero-order valence-corrected chi connectivity index (χ0v) is 9.73. The van der Waals surface area contributed by atoms with Crippen molar-refractivity contribution in [1.29, 1.82) is 0 Å². The van der Waals surface area contributed by atoms with Gasteiger partial charge in [-0.05, 0) is 26.0 Å². The van der Waals surface area contributed by atoms with Crippen LogP contribution < -0.4 is 16.0 Å². The van der Waals surface area contributed by atoms with E-state index >= 15 is 0 Å². The third kappa shape index (κ3) is 1.93. The Balaban J connectivity index is 2.38. The number of imide groups is 1. The average molecular weight is 234 g/mol. The van der Waals surface area contributed by atoms with Crippen molar-refractivity contribution in [2.45, 2.75) is 19.4 Å². The monoisotopic (exact) mass is 234 g/mol. The van der Waals surface area contributed by atoms with Gasteiger partial charge in [0.25, 0.3) is 5.91 Å². The molecule has 2 rings (SSSR count). The van der Waals surface area contributed by atoms with E-state index in [1.54, 1.807) is 37.1 Å². The molecule has 0 aliphatic carbocycles. The molecule has 90 valence electrons. The maximum absolute atomic E-state index is 11.8. The van der Waals surface area contributed by atoms with Crippen LogP contribution in [0.15, 0.2) is 18.3 Å². The van der Waals surface area contributed by atoms with Crippen LogP contribution in [0.3, 0.4) is 0 Å². The smallest absolute Gasteiger partial charge is 0.251 e. The molecule has 0 spiro atoms. The minimum atomic E-state index is -0.786. The Hall–Kier alpha value is -2.11. The number of anilines is 2. The van der Waals surface area contributed by atoms with Crippen LogP contribution in [0.1, 0.15) is 13.8 Å². The van der Waals surface area contributed by atoms with Gasteiger partial charge in [-0.3, -0.25) is 14.9 Å². The molecule has 1 aromatic heterocycles. The van der Waals surface area contributed by atoms with Crippen LogP contribution >= 0.6 is 0 Å². The van der Waals surface area contributed by atoms with Gasteiger partial charge in [0, 0.05) is 0 Å². The molecule has 1 saturated heterocycles. The fraction of sp³-hybridized carbons (Fsp3) is 0.364. The third-order valence-electron chi connectivity index (χ3n) is 2.87. The van der Waals surface area contributed by atoms with Crippen molar-refractivity contribution in [3.05, 3.63) is 18.3 Å². The minimum Gasteiger partial charge on any atom is -0.384 e. The number of nitrogens with two attached hydrogens (primary N) is 1. The molecule has 6 heteroatoms. The first-order chi connectivity index (χ1) is 7.91. The van der Waals surface area contributed by atoms with Gasteiger partial charge in [0.1, 0.15) is 11.4 Å². The standard InChI is InChI=1S/C11H14N4O2/c1-11(2)10(17)14-9(16)6-15(11)7-3-4-8(12)13-5-7/h3-5H,6H2,1-2H3,(H2,12,13)(H,14,16,17). The molecule has 3 N–H and O–H groups in total. The molecule has 0 radical (unpaired) electrons. The number of carbonyl (C=O) groups is 2. The molecule has 0 bridgehead atoms. The molecular weight excluding hydrogens is 220 g/mol. The third-order valence-corrected chi connectivity index (χ3v) is 2.87. The van der Waals surface area contributed by atoms with Crippen LogP contribution in [0.4, 0.5) is 11.5 Å². The highest BCUT2D eigenvalue weighted by Gasteiger charge is 2.41. The highest BCUT2D eigenvalue weighted by Crippen LogP contribution is 2.25. The largest absolute Gasteiger partial charge is 0.384 e. The quantitative estimate of drug-likeness (QED) is 0.663. The van der Waals surface area contributed by atoms with Crippen LogP contribution in [0, 0.1) is 0 Å². The van der Waals surface area contributed by atoms with Gasteiger partial charge in [-0.15, -0.1) is 0 Å². The lowest BCUT2D eigenvalue weighted by Crippen LogP contribution is -2.64. The van der Waals surface area contributed by atoms with Crippen LogP contribution in [-0.4, -0.2) is 28.9 Å². The van der Waals surface area contributed by atoms with Crippen LogP contribution in [0.2, 0.25) is 0 Å². The Morgan fingerprint density at radius 2 is 2.12 bits per heavy atom. The van der Waals surface area contributed by atoms with Crippen molar-refractivity contribution in [1.82, 2.24) is 10.3 Å². The fourth-order valence-corrected chi connectivity index (χ4v) is 1.75. The maximum Gasteiger partial charge on any atom is 0.251 e. The highest BCUT2D eigenvalue weighted by atomic mass is 16.2. The average Bonchev–Trinajstić information content (AvgIpc) is 2.25. The van der Waals surface area contributed by atoms with E-state index in [1.807, 2.05) is 0 Å². The summed E-state index contributed by atoms with van der Waals surface area (Å²) in [6.07, 6.45) is 1.56. The van der Waals surface area contributed by atoms with Gasteiger partial charge in [0.15, 0.2) is 0 Å².